The molecule has 0 saturated carbocycles. The smallest absolute Gasteiger partial charge is 0.329 e. The topological polar surface area (TPSA) is 93.0 Å². The van der Waals surface area contributed by atoms with Crippen molar-refractivity contribution in [2.24, 2.45) is 0 Å². The van der Waals surface area contributed by atoms with Gasteiger partial charge in [0.1, 0.15) is 12.0 Å². The van der Waals surface area contributed by atoms with Crippen molar-refractivity contribution in [2.75, 3.05) is 17.7 Å². The SMILES string of the molecule is CNc1ncc([N+](=O)[O-])c(Nc2ccc(F)c(Cl)c2)n1. The molecule has 1 heterocycles. The van der Waals surface area contributed by atoms with Crippen LogP contribution in [0.1, 0.15) is 0 Å². The van der Waals surface area contributed by atoms with Crippen LogP contribution in [0.4, 0.5) is 27.5 Å². The van der Waals surface area contributed by atoms with Gasteiger partial charge in [-0.1, -0.05) is 11.6 Å². The van der Waals surface area contributed by atoms with E-state index in [9.17, 15) is 14.5 Å². The second-order valence-electron chi connectivity index (χ2n) is 3.69. The van der Waals surface area contributed by atoms with Gasteiger partial charge in [0.25, 0.3) is 0 Å². The van der Waals surface area contributed by atoms with Gasteiger partial charge in [0, 0.05) is 12.7 Å². The molecule has 20 heavy (non-hydrogen) atoms. The van der Waals surface area contributed by atoms with Gasteiger partial charge in [-0.2, -0.15) is 4.98 Å². The van der Waals surface area contributed by atoms with Crippen LogP contribution in [0.2, 0.25) is 5.02 Å². The Bertz CT molecular complexity index is 667. The Morgan fingerprint density at radius 1 is 1.45 bits per heavy atom. The first kappa shape index (κ1) is 13.9. The third kappa shape index (κ3) is 2.91. The molecule has 0 aliphatic rings. The zero-order valence-electron chi connectivity index (χ0n) is 10.2. The largest absolute Gasteiger partial charge is 0.357 e. The number of aromatic nitrogens is 2. The van der Waals surface area contributed by atoms with Gasteiger partial charge in [-0.25, -0.2) is 9.37 Å². The predicted molar refractivity (Wildman–Crippen MR) is 72.9 cm³/mol. The molecule has 0 radical (unpaired) electrons. The number of benzene rings is 1. The standard InChI is InChI=1S/C11H9ClFN5O2/c1-14-11-15-5-9(18(19)20)10(17-11)16-6-2-3-8(13)7(12)4-6/h2-5H,1H3,(H2,14,15,16,17). The lowest BCUT2D eigenvalue weighted by Gasteiger charge is -2.08. The summed E-state index contributed by atoms with van der Waals surface area (Å²) in [7, 11) is 1.58. The van der Waals surface area contributed by atoms with Gasteiger partial charge in [0.2, 0.25) is 11.8 Å². The van der Waals surface area contributed by atoms with E-state index < -0.39 is 10.7 Å². The molecule has 2 aromatic rings. The van der Waals surface area contributed by atoms with Crippen LogP contribution in [0.15, 0.2) is 24.4 Å². The van der Waals surface area contributed by atoms with E-state index in [0.29, 0.717) is 5.69 Å². The van der Waals surface area contributed by atoms with E-state index in [-0.39, 0.29) is 22.5 Å². The molecule has 0 spiro atoms. The van der Waals surface area contributed by atoms with Gasteiger partial charge >= 0.3 is 5.69 Å². The minimum atomic E-state index is -0.618. The summed E-state index contributed by atoms with van der Waals surface area (Å²) in [5, 5.41) is 16.2. The number of hydrogen-bond acceptors (Lipinski definition) is 6. The van der Waals surface area contributed by atoms with E-state index in [2.05, 4.69) is 20.6 Å². The van der Waals surface area contributed by atoms with E-state index in [1.54, 1.807) is 7.05 Å². The summed E-state index contributed by atoms with van der Waals surface area (Å²) < 4.78 is 13.1. The molecule has 0 aliphatic carbocycles. The van der Waals surface area contributed by atoms with Gasteiger partial charge in [-0.15, -0.1) is 0 Å². The number of hydrogen-bond donors (Lipinski definition) is 2. The molecule has 0 atom stereocenters. The molecular formula is C11H9ClFN5O2. The highest BCUT2D eigenvalue weighted by atomic mass is 35.5. The quantitative estimate of drug-likeness (QED) is 0.665. The molecule has 0 unspecified atom stereocenters. The summed E-state index contributed by atoms with van der Waals surface area (Å²) in [4.78, 5) is 18.0. The molecule has 7 nitrogen and oxygen atoms in total. The Kier molecular flexibility index (Phi) is 3.94. The van der Waals surface area contributed by atoms with Crippen molar-refractivity contribution < 1.29 is 9.31 Å². The average Bonchev–Trinajstić information content (AvgIpc) is 2.42. The Morgan fingerprint density at radius 2 is 2.20 bits per heavy atom. The molecule has 2 rings (SSSR count). The van der Waals surface area contributed by atoms with Crippen molar-refractivity contribution in [1.82, 2.24) is 9.97 Å². The van der Waals surface area contributed by atoms with Gasteiger partial charge in [0.15, 0.2) is 0 Å². The number of nitro groups is 1. The van der Waals surface area contributed by atoms with Crippen LogP contribution in [0.25, 0.3) is 0 Å². The number of halogens is 2. The highest BCUT2D eigenvalue weighted by molar-refractivity contribution is 6.31. The van der Waals surface area contributed by atoms with E-state index in [1.165, 1.54) is 12.1 Å². The maximum absolute atomic E-state index is 13.1. The van der Waals surface area contributed by atoms with Crippen LogP contribution in [0.3, 0.4) is 0 Å². The Balaban J connectivity index is 2.40. The van der Waals surface area contributed by atoms with E-state index in [1.807, 2.05) is 0 Å². The summed E-state index contributed by atoms with van der Waals surface area (Å²) in [6.07, 6.45) is 1.08. The number of anilines is 3. The fourth-order valence-electron chi connectivity index (χ4n) is 1.43. The van der Waals surface area contributed by atoms with Crippen molar-refractivity contribution in [3.05, 3.63) is 45.4 Å². The van der Waals surface area contributed by atoms with Crippen LogP contribution in [-0.4, -0.2) is 21.9 Å². The fraction of sp³-hybridized carbons (Fsp3) is 0.0909. The van der Waals surface area contributed by atoms with Crippen LogP contribution >= 0.6 is 11.6 Å². The Morgan fingerprint density at radius 3 is 2.80 bits per heavy atom. The van der Waals surface area contributed by atoms with E-state index in [0.717, 1.165) is 12.3 Å². The molecule has 0 bridgehead atoms. The fourth-order valence-corrected chi connectivity index (χ4v) is 1.61. The summed E-state index contributed by atoms with van der Waals surface area (Å²) in [5.74, 6) is -0.381. The van der Waals surface area contributed by atoms with Crippen molar-refractivity contribution in [1.29, 1.82) is 0 Å². The maximum Gasteiger partial charge on any atom is 0.329 e. The molecule has 0 saturated heterocycles. The first-order valence-corrected chi connectivity index (χ1v) is 5.80. The first-order valence-electron chi connectivity index (χ1n) is 5.42. The normalized spacial score (nSPS) is 10.2. The van der Waals surface area contributed by atoms with Gasteiger partial charge in [-0.3, -0.25) is 10.1 Å². The van der Waals surface area contributed by atoms with E-state index in [4.69, 9.17) is 11.6 Å². The van der Waals surface area contributed by atoms with E-state index >= 15 is 0 Å². The molecule has 1 aromatic carbocycles. The minimum Gasteiger partial charge on any atom is -0.357 e. The minimum absolute atomic E-state index is 0.0166. The second kappa shape index (κ2) is 5.66. The highest BCUT2D eigenvalue weighted by Gasteiger charge is 2.17. The Hall–Kier alpha value is -2.48. The molecular weight excluding hydrogens is 289 g/mol. The molecule has 9 heteroatoms. The second-order valence-corrected chi connectivity index (χ2v) is 4.10. The zero-order valence-corrected chi connectivity index (χ0v) is 11.0. The van der Waals surface area contributed by atoms with Crippen molar-refractivity contribution in [3.8, 4) is 0 Å². The molecule has 104 valence electrons. The molecule has 2 N–H and O–H groups in total. The summed E-state index contributed by atoms with van der Waals surface area (Å²) in [6, 6.07) is 3.85. The summed E-state index contributed by atoms with van der Waals surface area (Å²) in [5.41, 5.74) is 0.0738. The highest BCUT2D eigenvalue weighted by Crippen LogP contribution is 2.27. The molecule has 0 fully saturated rings. The first-order chi connectivity index (χ1) is 9.51. The lowest BCUT2D eigenvalue weighted by Crippen LogP contribution is -2.04. The zero-order chi connectivity index (χ0) is 14.7. The Labute approximate surface area is 118 Å². The van der Waals surface area contributed by atoms with Crippen molar-refractivity contribution in [2.45, 2.75) is 0 Å². The van der Waals surface area contributed by atoms with Gasteiger partial charge in [0.05, 0.1) is 9.95 Å². The monoisotopic (exact) mass is 297 g/mol. The summed E-state index contributed by atoms with van der Waals surface area (Å²) >= 11 is 5.65. The average molecular weight is 298 g/mol. The lowest BCUT2D eigenvalue weighted by molar-refractivity contribution is -0.384. The molecule has 0 aliphatic heterocycles. The lowest BCUT2D eigenvalue weighted by atomic mass is 10.3. The van der Waals surface area contributed by atoms with Crippen molar-refractivity contribution in [3.63, 3.8) is 0 Å². The van der Waals surface area contributed by atoms with Crippen LogP contribution in [-0.2, 0) is 0 Å². The van der Waals surface area contributed by atoms with Crippen LogP contribution < -0.4 is 10.6 Å². The maximum atomic E-state index is 13.1. The molecule has 0 amide bonds. The third-order valence-corrected chi connectivity index (χ3v) is 2.66. The van der Waals surface area contributed by atoms with Crippen LogP contribution in [0, 0.1) is 15.9 Å². The van der Waals surface area contributed by atoms with Crippen LogP contribution in [0.5, 0.6) is 0 Å². The predicted octanol–water partition coefficient (Wildman–Crippen LogP) is 2.96. The summed E-state index contributed by atoms with van der Waals surface area (Å²) in [6.45, 7) is 0. The number of nitrogens with one attached hydrogen (secondary N) is 2. The number of nitrogens with zero attached hydrogens (tertiary/aromatic N) is 3. The van der Waals surface area contributed by atoms with Gasteiger partial charge in [-0.05, 0) is 18.2 Å². The molecule has 1 aromatic heterocycles. The number of rotatable bonds is 4. The van der Waals surface area contributed by atoms with Crippen molar-refractivity contribution >= 4 is 34.7 Å². The van der Waals surface area contributed by atoms with Gasteiger partial charge < -0.3 is 10.6 Å². The third-order valence-electron chi connectivity index (χ3n) is 2.37.